The number of aromatic nitrogens is 2. The summed E-state index contributed by atoms with van der Waals surface area (Å²) in [6.07, 6.45) is 2.25. The Balaban J connectivity index is 1.55. The van der Waals surface area contributed by atoms with Crippen molar-refractivity contribution in [3.63, 3.8) is 0 Å². The highest BCUT2D eigenvalue weighted by Gasteiger charge is 2.31. The Hall–Kier alpha value is -1.98. The molecule has 24 heavy (non-hydrogen) atoms. The molecular formula is C19H21N3OS. The molecule has 1 fully saturated rings. The Kier molecular flexibility index (Phi) is 4.21. The normalized spacial score (nSPS) is 18.3. The number of likely N-dealkylation sites (tertiary alicyclic amines) is 1. The minimum absolute atomic E-state index is 0.229. The van der Waals surface area contributed by atoms with E-state index in [2.05, 4.69) is 65.3 Å². The van der Waals surface area contributed by atoms with Crippen LogP contribution in [0.4, 0.5) is 0 Å². The van der Waals surface area contributed by atoms with Crippen LogP contribution >= 0.6 is 11.3 Å². The Labute approximate surface area is 146 Å². The minimum Gasteiger partial charge on any atom is -0.418 e. The summed E-state index contributed by atoms with van der Waals surface area (Å²) in [5.41, 5.74) is 2.71. The number of hydrogen-bond donors (Lipinski definition) is 0. The first-order chi connectivity index (χ1) is 11.7. The van der Waals surface area contributed by atoms with Crippen molar-refractivity contribution in [2.75, 3.05) is 6.54 Å². The number of rotatable bonds is 4. The highest BCUT2D eigenvalue weighted by molar-refractivity contribution is 7.15. The second-order valence-electron chi connectivity index (χ2n) is 6.41. The summed E-state index contributed by atoms with van der Waals surface area (Å²) in [6, 6.07) is 12.9. The van der Waals surface area contributed by atoms with Gasteiger partial charge in [-0.1, -0.05) is 24.3 Å². The van der Waals surface area contributed by atoms with Gasteiger partial charge in [0.05, 0.1) is 10.9 Å². The van der Waals surface area contributed by atoms with Gasteiger partial charge >= 0.3 is 0 Å². The van der Waals surface area contributed by atoms with Gasteiger partial charge in [-0.15, -0.1) is 21.5 Å². The maximum atomic E-state index is 6.01. The van der Waals surface area contributed by atoms with Gasteiger partial charge in [-0.2, -0.15) is 0 Å². The van der Waals surface area contributed by atoms with E-state index >= 15 is 0 Å². The van der Waals surface area contributed by atoms with E-state index in [0.717, 1.165) is 30.3 Å². The van der Waals surface area contributed by atoms with Crippen molar-refractivity contribution in [3.8, 4) is 10.8 Å². The predicted molar refractivity (Wildman–Crippen MR) is 95.9 cm³/mol. The number of aryl methyl sites for hydroxylation is 2. The average Bonchev–Trinajstić information content (AvgIpc) is 3.29. The summed E-state index contributed by atoms with van der Waals surface area (Å²) in [6.45, 7) is 6.28. The van der Waals surface area contributed by atoms with Crippen molar-refractivity contribution in [2.24, 2.45) is 0 Å². The van der Waals surface area contributed by atoms with E-state index in [9.17, 15) is 0 Å². The van der Waals surface area contributed by atoms with Gasteiger partial charge < -0.3 is 4.42 Å². The van der Waals surface area contributed by atoms with Crippen LogP contribution in [0.2, 0.25) is 0 Å². The Morgan fingerprint density at radius 1 is 1.17 bits per heavy atom. The molecule has 124 valence electrons. The second kappa shape index (κ2) is 6.49. The zero-order chi connectivity index (χ0) is 16.5. The lowest BCUT2D eigenvalue weighted by atomic mass is 10.1. The molecule has 1 atom stereocenters. The van der Waals surface area contributed by atoms with E-state index in [1.807, 2.05) is 0 Å². The molecule has 5 heteroatoms. The van der Waals surface area contributed by atoms with Crippen LogP contribution in [-0.4, -0.2) is 21.6 Å². The van der Waals surface area contributed by atoms with E-state index in [4.69, 9.17) is 4.42 Å². The molecule has 3 heterocycles. The summed E-state index contributed by atoms with van der Waals surface area (Å²) in [7, 11) is 0. The number of benzene rings is 1. The van der Waals surface area contributed by atoms with Gasteiger partial charge in [-0.3, -0.25) is 4.90 Å². The van der Waals surface area contributed by atoms with Crippen molar-refractivity contribution in [3.05, 3.63) is 58.3 Å². The molecule has 0 N–H and O–H groups in total. The third-order valence-electron chi connectivity index (χ3n) is 4.68. The van der Waals surface area contributed by atoms with Gasteiger partial charge in [0.15, 0.2) is 0 Å². The maximum Gasteiger partial charge on any atom is 0.257 e. The Bertz CT molecular complexity index is 839. The van der Waals surface area contributed by atoms with Crippen molar-refractivity contribution in [1.29, 1.82) is 0 Å². The lowest BCUT2D eigenvalue weighted by Crippen LogP contribution is -2.23. The van der Waals surface area contributed by atoms with Crippen molar-refractivity contribution >= 4 is 11.3 Å². The van der Waals surface area contributed by atoms with Crippen LogP contribution in [0.5, 0.6) is 0 Å². The zero-order valence-electron chi connectivity index (χ0n) is 14.0. The number of nitrogens with zero attached hydrogens (tertiary/aromatic N) is 3. The van der Waals surface area contributed by atoms with Gasteiger partial charge in [0.1, 0.15) is 0 Å². The molecule has 3 aromatic rings. The van der Waals surface area contributed by atoms with Crippen LogP contribution in [-0.2, 0) is 6.54 Å². The molecule has 1 aliphatic heterocycles. The van der Waals surface area contributed by atoms with E-state index in [1.54, 1.807) is 11.3 Å². The van der Waals surface area contributed by atoms with E-state index in [1.165, 1.54) is 22.4 Å². The summed E-state index contributed by atoms with van der Waals surface area (Å²) >= 11 is 1.69. The molecule has 4 nitrogen and oxygen atoms in total. The molecule has 1 unspecified atom stereocenters. The number of thiophene rings is 1. The van der Waals surface area contributed by atoms with Crippen LogP contribution in [0.15, 0.2) is 40.8 Å². The van der Waals surface area contributed by atoms with Gasteiger partial charge in [-0.25, -0.2) is 0 Å². The highest BCUT2D eigenvalue weighted by atomic mass is 32.1. The fourth-order valence-corrected chi connectivity index (χ4v) is 4.11. The van der Waals surface area contributed by atoms with Gasteiger partial charge in [0.2, 0.25) is 5.89 Å². The standard InChI is InChI=1S/C19H21N3OS/c1-13-6-3-4-7-15(13)12-22-11-5-8-16(22)18-20-21-19(23-18)17-10-9-14(2)24-17/h3-4,6-7,9-10,16H,5,8,11-12H2,1-2H3. The molecule has 0 saturated carbocycles. The predicted octanol–water partition coefficient (Wildman–Crippen LogP) is 4.75. The number of hydrogen-bond acceptors (Lipinski definition) is 5. The molecular weight excluding hydrogens is 318 g/mol. The topological polar surface area (TPSA) is 42.2 Å². The molecule has 0 amide bonds. The molecule has 2 aromatic heterocycles. The lowest BCUT2D eigenvalue weighted by Gasteiger charge is -2.22. The SMILES string of the molecule is Cc1ccc(-c2nnc(C3CCCN3Cc3ccccc3C)o2)s1. The summed E-state index contributed by atoms with van der Waals surface area (Å²) < 4.78 is 6.01. The van der Waals surface area contributed by atoms with Crippen molar-refractivity contribution in [2.45, 2.75) is 39.3 Å². The van der Waals surface area contributed by atoms with Crippen molar-refractivity contribution < 1.29 is 4.42 Å². The molecule has 0 radical (unpaired) electrons. The molecule has 1 aromatic carbocycles. The van der Waals surface area contributed by atoms with E-state index < -0.39 is 0 Å². The Morgan fingerprint density at radius 3 is 2.83 bits per heavy atom. The summed E-state index contributed by atoms with van der Waals surface area (Å²) in [4.78, 5) is 4.76. The molecule has 0 aliphatic carbocycles. The van der Waals surface area contributed by atoms with Crippen LogP contribution in [0.25, 0.3) is 10.8 Å². The van der Waals surface area contributed by atoms with Crippen molar-refractivity contribution in [1.82, 2.24) is 15.1 Å². The summed E-state index contributed by atoms with van der Waals surface area (Å²) in [5, 5.41) is 8.62. The van der Waals surface area contributed by atoms with Crippen LogP contribution in [0.1, 0.15) is 40.8 Å². The van der Waals surface area contributed by atoms with Gasteiger partial charge in [-0.05, 0) is 56.5 Å². The third-order valence-corrected chi connectivity index (χ3v) is 5.66. The Morgan fingerprint density at radius 2 is 2.04 bits per heavy atom. The lowest BCUT2D eigenvalue weighted by molar-refractivity contribution is 0.215. The van der Waals surface area contributed by atoms with Gasteiger partial charge in [0, 0.05) is 11.4 Å². The fraction of sp³-hybridized carbons (Fsp3) is 0.368. The highest BCUT2D eigenvalue weighted by Crippen LogP contribution is 2.35. The molecule has 4 rings (SSSR count). The van der Waals surface area contributed by atoms with Crippen LogP contribution < -0.4 is 0 Å². The minimum atomic E-state index is 0.229. The molecule has 0 spiro atoms. The van der Waals surface area contributed by atoms with E-state index in [0.29, 0.717) is 5.89 Å². The van der Waals surface area contributed by atoms with Crippen LogP contribution in [0, 0.1) is 13.8 Å². The zero-order valence-corrected chi connectivity index (χ0v) is 14.8. The first-order valence-corrected chi connectivity index (χ1v) is 9.21. The maximum absolute atomic E-state index is 6.01. The first kappa shape index (κ1) is 15.5. The van der Waals surface area contributed by atoms with Gasteiger partial charge in [0.25, 0.3) is 5.89 Å². The molecule has 1 saturated heterocycles. The quantitative estimate of drug-likeness (QED) is 0.688. The van der Waals surface area contributed by atoms with E-state index in [-0.39, 0.29) is 6.04 Å². The average molecular weight is 339 g/mol. The monoisotopic (exact) mass is 339 g/mol. The smallest absolute Gasteiger partial charge is 0.257 e. The second-order valence-corrected chi connectivity index (χ2v) is 7.70. The third kappa shape index (κ3) is 3.01. The molecule has 1 aliphatic rings. The summed E-state index contributed by atoms with van der Waals surface area (Å²) in [5.74, 6) is 1.40. The first-order valence-electron chi connectivity index (χ1n) is 8.39. The largest absolute Gasteiger partial charge is 0.418 e. The fourth-order valence-electron chi connectivity index (χ4n) is 3.32. The van der Waals surface area contributed by atoms with Crippen LogP contribution in [0.3, 0.4) is 0 Å². The molecule has 0 bridgehead atoms.